The second-order valence-electron chi connectivity index (χ2n) is 2.43. The van der Waals surface area contributed by atoms with Crippen LogP contribution < -0.4 is 0 Å². The summed E-state index contributed by atoms with van der Waals surface area (Å²) in [5.41, 5.74) is 2.16. The van der Waals surface area contributed by atoms with Crippen molar-refractivity contribution in [2.75, 3.05) is 0 Å². The van der Waals surface area contributed by atoms with E-state index in [9.17, 15) is 0 Å². The van der Waals surface area contributed by atoms with Crippen LogP contribution in [0.2, 0.25) is 0 Å². The molecule has 0 amide bonds. The minimum absolute atomic E-state index is 0. The molecule has 2 heterocycles. The molecule has 0 radical (unpaired) electrons. The van der Waals surface area contributed by atoms with Gasteiger partial charge in [-0.1, -0.05) is 0 Å². The Kier molecular flexibility index (Phi) is 2.25. The zero-order valence-electron chi connectivity index (χ0n) is 6.46. The van der Waals surface area contributed by atoms with Gasteiger partial charge in [0.05, 0.1) is 0 Å². The van der Waals surface area contributed by atoms with Crippen molar-refractivity contribution in [3.63, 3.8) is 0 Å². The summed E-state index contributed by atoms with van der Waals surface area (Å²) in [5, 5.41) is 1.18. The van der Waals surface area contributed by atoms with E-state index >= 15 is 0 Å². The number of pyridine rings is 1. The van der Waals surface area contributed by atoms with Crippen LogP contribution in [0, 0.1) is 6.92 Å². The van der Waals surface area contributed by atoms with Gasteiger partial charge in [-0.25, -0.2) is 4.98 Å². The first-order chi connectivity index (χ1) is 4.86. The van der Waals surface area contributed by atoms with E-state index in [4.69, 9.17) is 0 Å². The van der Waals surface area contributed by atoms with Gasteiger partial charge < -0.3 is 4.98 Å². The highest BCUT2D eigenvalue weighted by Gasteiger charge is 1.92. The lowest BCUT2D eigenvalue weighted by Crippen LogP contribution is -1.76. The minimum Gasteiger partial charge on any atom is -0.346 e. The summed E-state index contributed by atoms with van der Waals surface area (Å²) >= 11 is 0. The predicted molar refractivity (Wildman–Crippen MR) is 51.9 cm³/mol. The van der Waals surface area contributed by atoms with Crippen LogP contribution in [-0.2, 0) is 0 Å². The monoisotopic (exact) mass is 166 g/mol. The average molecular weight is 166 g/mol. The summed E-state index contributed by atoms with van der Waals surface area (Å²) in [6.07, 6.45) is 3.76. The first-order valence-electron chi connectivity index (χ1n) is 3.26. The molecule has 2 aromatic rings. The van der Waals surface area contributed by atoms with E-state index in [1.807, 2.05) is 25.4 Å². The van der Waals surface area contributed by atoms with Gasteiger partial charge in [0, 0.05) is 17.8 Å². The highest BCUT2D eigenvalue weighted by Crippen LogP contribution is 2.09. The van der Waals surface area contributed by atoms with Crippen molar-refractivity contribution in [3.05, 3.63) is 30.1 Å². The lowest BCUT2D eigenvalue weighted by atomic mass is 10.2. The van der Waals surface area contributed by atoms with Gasteiger partial charge in [-0.15, -0.1) is 0 Å². The van der Waals surface area contributed by atoms with Gasteiger partial charge in [0.15, 0.2) is 0 Å². The van der Waals surface area contributed by atoms with E-state index in [-0.39, 0.29) is 9.90 Å². The largest absolute Gasteiger partial charge is 0.346 e. The summed E-state index contributed by atoms with van der Waals surface area (Å²) in [6, 6.07) is 4.13. The maximum Gasteiger partial charge on any atom is 0.137 e. The van der Waals surface area contributed by atoms with Crippen LogP contribution in [0.15, 0.2) is 24.5 Å². The molecule has 2 aromatic heterocycles. The van der Waals surface area contributed by atoms with E-state index in [1.54, 1.807) is 0 Å². The lowest BCUT2D eigenvalue weighted by Gasteiger charge is -1.89. The summed E-state index contributed by atoms with van der Waals surface area (Å²) in [4.78, 5) is 7.22. The molecule has 0 aliphatic heterocycles. The van der Waals surface area contributed by atoms with Crippen LogP contribution in [0.1, 0.15) is 5.56 Å². The number of H-pyrrole nitrogens is 1. The SMILES string of the molecule is Cc1cnc2[nH]ccc2c1.P. The van der Waals surface area contributed by atoms with Crippen LogP contribution in [0.5, 0.6) is 0 Å². The molecule has 0 aliphatic rings. The summed E-state index contributed by atoms with van der Waals surface area (Å²) in [7, 11) is 0. The Morgan fingerprint density at radius 3 is 3.09 bits per heavy atom. The summed E-state index contributed by atoms with van der Waals surface area (Å²) in [6.45, 7) is 2.04. The Hall–Kier alpha value is -0.880. The molecule has 0 saturated carbocycles. The van der Waals surface area contributed by atoms with Crippen molar-refractivity contribution in [1.29, 1.82) is 0 Å². The quantitative estimate of drug-likeness (QED) is 0.595. The molecule has 0 saturated heterocycles. The molecule has 2 nitrogen and oxygen atoms in total. The summed E-state index contributed by atoms with van der Waals surface area (Å²) in [5.74, 6) is 0. The molecule has 0 spiro atoms. The van der Waals surface area contributed by atoms with Gasteiger partial charge in [0.1, 0.15) is 5.65 Å². The second-order valence-corrected chi connectivity index (χ2v) is 2.43. The molecule has 58 valence electrons. The normalized spacial score (nSPS) is 9.55. The molecule has 1 atom stereocenters. The Labute approximate surface area is 68.7 Å². The van der Waals surface area contributed by atoms with E-state index in [2.05, 4.69) is 16.0 Å². The number of nitrogens with zero attached hydrogens (tertiary/aromatic N) is 1. The third-order valence-corrected chi connectivity index (χ3v) is 1.54. The number of hydrogen-bond donors (Lipinski definition) is 1. The van der Waals surface area contributed by atoms with Gasteiger partial charge in [0.2, 0.25) is 0 Å². The van der Waals surface area contributed by atoms with Crippen molar-refractivity contribution in [1.82, 2.24) is 9.97 Å². The van der Waals surface area contributed by atoms with Crippen LogP contribution in [0.3, 0.4) is 0 Å². The van der Waals surface area contributed by atoms with E-state index in [0.717, 1.165) is 5.65 Å². The Balaban J connectivity index is 0.000000605. The number of nitrogens with one attached hydrogen (secondary N) is 1. The van der Waals surface area contributed by atoms with Crippen molar-refractivity contribution in [2.24, 2.45) is 0 Å². The Bertz CT molecular complexity index is 354. The number of hydrogen-bond acceptors (Lipinski definition) is 1. The first-order valence-corrected chi connectivity index (χ1v) is 3.26. The third-order valence-electron chi connectivity index (χ3n) is 1.54. The molecule has 2 rings (SSSR count). The highest BCUT2D eigenvalue weighted by atomic mass is 31.0. The molecule has 3 heteroatoms. The summed E-state index contributed by atoms with van der Waals surface area (Å²) < 4.78 is 0. The van der Waals surface area contributed by atoms with E-state index in [1.165, 1.54) is 10.9 Å². The van der Waals surface area contributed by atoms with Gasteiger partial charge in [0.25, 0.3) is 0 Å². The molecule has 1 unspecified atom stereocenters. The van der Waals surface area contributed by atoms with Crippen LogP contribution in [-0.4, -0.2) is 9.97 Å². The van der Waals surface area contributed by atoms with Crippen LogP contribution in [0.25, 0.3) is 11.0 Å². The number of aromatic amines is 1. The second kappa shape index (κ2) is 3.02. The standard InChI is InChI=1S/C8H8N2.H3P/c1-6-4-7-2-3-9-8(7)10-5-6;/h2-5H,1H3,(H,9,10);1H3. The lowest BCUT2D eigenvalue weighted by molar-refractivity contribution is 1.29. The molecule has 0 bridgehead atoms. The Morgan fingerprint density at radius 2 is 2.27 bits per heavy atom. The molecule has 11 heavy (non-hydrogen) atoms. The van der Waals surface area contributed by atoms with Gasteiger partial charge in [-0.2, -0.15) is 9.90 Å². The van der Waals surface area contributed by atoms with Crippen molar-refractivity contribution < 1.29 is 0 Å². The maximum atomic E-state index is 4.19. The fourth-order valence-electron chi connectivity index (χ4n) is 1.05. The van der Waals surface area contributed by atoms with Crippen molar-refractivity contribution >= 4 is 20.9 Å². The maximum absolute atomic E-state index is 4.19. The predicted octanol–water partition coefficient (Wildman–Crippen LogP) is 1.93. The molecule has 0 aliphatic carbocycles. The number of aryl methyl sites for hydroxylation is 1. The molecule has 0 aromatic carbocycles. The van der Waals surface area contributed by atoms with Crippen LogP contribution in [0.4, 0.5) is 0 Å². The highest BCUT2D eigenvalue weighted by molar-refractivity contribution is 6.92. The third kappa shape index (κ3) is 1.41. The van der Waals surface area contributed by atoms with Gasteiger partial charge in [-0.05, 0) is 24.6 Å². The first kappa shape index (κ1) is 8.22. The molecular formula is C8H11N2P. The molecule has 0 fully saturated rings. The number of fused-ring (bicyclic) bond motifs is 1. The van der Waals surface area contributed by atoms with Crippen LogP contribution >= 0.6 is 9.90 Å². The van der Waals surface area contributed by atoms with E-state index < -0.39 is 0 Å². The molecule has 1 N–H and O–H groups in total. The average Bonchev–Trinajstić information content (AvgIpc) is 2.33. The number of aromatic nitrogens is 2. The van der Waals surface area contributed by atoms with Gasteiger partial charge >= 0.3 is 0 Å². The molecular weight excluding hydrogens is 155 g/mol. The number of rotatable bonds is 0. The van der Waals surface area contributed by atoms with Crippen molar-refractivity contribution in [2.45, 2.75) is 6.92 Å². The topological polar surface area (TPSA) is 28.7 Å². The smallest absolute Gasteiger partial charge is 0.137 e. The Morgan fingerprint density at radius 1 is 1.45 bits per heavy atom. The minimum atomic E-state index is 0. The van der Waals surface area contributed by atoms with Gasteiger partial charge in [-0.3, -0.25) is 0 Å². The fraction of sp³-hybridized carbons (Fsp3) is 0.125. The zero-order valence-corrected chi connectivity index (χ0v) is 7.88. The zero-order chi connectivity index (χ0) is 6.97. The fourth-order valence-corrected chi connectivity index (χ4v) is 1.05. The van der Waals surface area contributed by atoms with Crippen molar-refractivity contribution in [3.8, 4) is 0 Å². The van der Waals surface area contributed by atoms with E-state index in [0.29, 0.717) is 0 Å².